The molecule has 1 heterocycles. The van der Waals surface area contributed by atoms with Crippen molar-refractivity contribution >= 4 is 5.96 Å². The molecule has 0 aliphatic carbocycles. The van der Waals surface area contributed by atoms with Crippen LogP contribution in [0.15, 0.2) is 23.3 Å². The molecule has 0 aliphatic rings. The molecule has 1 aromatic heterocycles. The van der Waals surface area contributed by atoms with Crippen LogP contribution < -0.4 is 5.32 Å². The maximum absolute atomic E-state index is 4.34. The standard InChI is InChI=1S/C15H28N4/c1-5-6-7-8-11-17-15(16-2)19(4)13-14-10-9-12-18(14)3/h9-10,12H,5-8,11,13H2,1-4H3,(H,16,17). The van der Waals surface area contributed by atoms with E-state index in [-0.39, 0.29) is 0 Å². The van der Waals surface area contributed by atoms with Crippen molar-refractivity contribution in [3.05, 3.63) is 24.0 Å². The number of hydrogen-bond donors (Lipinski definition) is 1. The molecule has 0 aliphatic heterocycles. The third-order valence-electron chi connectivity index (χ3n) is 3.34. The number of aryl methyl sites for hydroxylation is 1. The fraction of sp³-hybridized carbons (Fsp3) is 0.667. The van der Waals surface area contributed by atoms with Gasteiger partial charge >= 0.3 is 0 Å². The van der Waals surface area contributed by atoms with Gasteiger partial charge in [0, 0.05) is 39.6 Å². The predicted molar refractivity (Wildman–Crippen MR) is 82.4 cm³/mol. The van der Waals surface area contributed by atoms with Crippen molar-refractivity contribution in [1.82, 2.24) is 14.8 Å². The molecule has 0 aromatic carbocycles. The van der Waals surface area contributed by atoms with E-state index < -0.39 is 0 Å². The number of nitrogens with zero attached hydrogens (tertiary/aromatic N) is 3. The Morgan fingerprint density at radius 1 is 1.37 bits per heavy atom. The van der Waals surface area contributed by atoms with Crippen molar-refractivity contribution in [2.45, 2.75) is 39.2 Å². The molecule has 1 rings (SSSR count). The molecule has 0 saturated carbocycles. The summed E-state index contributed by atoms with van der Waals surface area (Å²) in [7, 11) is 5.99. The number of guanidine groups is 1. The molecular formula is C15H28N4. The minimum atomic E-state index is 0.873. The highest BCUT2D eigenvalue weighted by atomic mass is 15.3. The van der Waals surface area contributed by atoms with E-state index >= 15 is 0 Å². The smallest absolute Gasteiger partial charge is 0.193 e. The van der Waals surface area contributed by atoms with Crippen molar-refractivity contribution in [3.8, 4) is 0 Å². The van der Waals surface area contributed by atoms with E-state index in [2.05, 4.69) is 59.1 Å². The highest BCUT2D eigenvalue weighted by molar-refractivity contribution is 5.79. The molecule has 0 atom stereocenters. The van der Waals surface area contributed by atoms with Crippen LogP contribution in [0.5, 0.6) is 0 Å². The molecule has 0 spiro atoms. The highest BCUT2D eigenvalue weighted by Gasteiger charge is 2.07. The summed E-state index contributed by atoms with van der Waals surface area (Å²) in [5.74, 6) is 0.970. The third kappa shape index (κ3) is 5.37. The molecule has 19 heavy (non-hydrogen) atoms. The lowest BCUT2D eigenvalue weighted by Crippen LogP contribution is -2.39. The van der Waals surface area contributed by atoms with Gasteiger partial charge in [-0.2, -0.15) is 0 Å². The van der Waals surface area contributed by atoms with Crippen molar-refractivity contribution in [3.63, 3.8) is 0 Å². The summed E-state index contributed by atoms with van der Waals surface area (Å²) in [6.45, 7) is 4.11. The normalized spacial score (nSPS) is 11.7. The second-order valence-corrected chi connectivity index (χ2v) is 5.00. The number of unbranched alkanes of at least 4 members (excludes halogenated alkanes) is 3. The Balaban J connectivity index is 2.36. The van der Waals surface area contributed by atoms with Gasteiger partial charge in [-0.1, -0.05) is 26.2 Å². The zero-order valence-corrected chi connectivity index (χ0v) is 12.8. The second-order valence-electron chi connectivity index (χ2n) is 5.00. The molecule has 108 valence electrons. The zero-order valence-electron chi connectivity index (χ0n) is 12.8. The fourth-order valence-corrected chi connectivity index (χ4v) is 2.12. The molecular weight excluding hydrogens is 236 g/mol. The quantitative estimate of drug-likeness (QED) is 0.466. The van der Waals surface area contributed by atoms with Crippen LogP contribution >= 0.6 is 0 Å². The number of rotatable bonds is 7. The monoisotopic (exact) mass is 264 g/mol. The molecule has 4 nitrogen and oxygen atoms in total. The SMILES string of the molecule is CCCCCCNC(=NC)N(C)Cc1cccn1C. The average molecular weight is 264 g/mol. The molecule has 0 saturated heterocycles. The molecule has 4 heteroatoms. The minimum absolute atomic E-state index is 0.873. The Kier molecular flexibility index (Phi) is 7.08. The summed E-state index contributed by atoms with van der Waals surface area (Å²) >= 11 is 0. The maximum Gasteiger partial charge on any atom is 0.193 e. The largest absolute Gasteiger partial charge is 0.356 e. The predicted octanol–water partition coefficient (Wildman–Crippen LogP) is 2.61. The van der Waals surface area contributed by atoms with Crippen LogP contribution in [0.25, 0.3) is 0 Å². The van der Waals surface area contributed by atoms with Gasteiger partial charge in [-0.25, -0.2) is 0 Å². The van der Waals surface area contributed by atoms with Gasteiger partial charge in [0.05, 0.1) is 6.54 Å². The van der Waals surface area contributed by atoms with Crippen molar-refractivity contribution < 1.29 is 0 Å². The van der Waals surface area contributed by atoms with Crippen LogP contribution in [0, 0.1) is 0 Å². The number of hydrogen-bond acceptors (Lipinski definition) is 1. The molecule has 0 fully saturated rings. The first-order valence-corrected chi connectivity index (χ1v) is 7.21. The van der Waals surface area contributed by atoms with Gasteiger partial charge in [0.15, 0.2) is 5.96 Å². The van der Waals surface area contributed by atoms with E-state index in [1.54, 1.807) is 0 Å². The Bertz CT molecular complexity index is 381. The van der Waals surface area contributed by atoms with Gasteiger partial charge in [0.2, 0.25) is 0 Å². The van der Waals surface area contributed by atoms with E-state index in [1.165, 1.54) is 31.4 Å². The van der Waals surface area contributed by atoms with Crippen LogP contribution in [0.4, 0.5) is 0 Å². The third-order valence-corrected chi connectivity index (χ3v) is 3.34. The summed E-state index contributed by atoms with van der Waals surface area (Å²) in [4.78, 5) is 6.50. The molecule has 1 N–H and O–H groups in total. The highest BCUT2D eigenvalue weighted by Crippen LogP contribution is 2.04. The minimum Gasteiger partial charge on any atom is -0.356 e. The first-order valence-electron chi connectivity index (χ1n) is 7.21. The van der Waals surface area contributed by atoms with Gasteiger partial charge in [-0.05, 0) is 18.6 Å². The van der Waals surface area contributed by atoms with Crippen molar-refractivity contribution in [1.29, 1.82) is 0 Å². The first-order chi connectivity index (χ1) is 9.19. The number of aliphatic imine (C=N–C) groups is 1. The van der Waals surface area contributed by atoms with Gasteiger partial charge in [0.1, 0.15) is 0 Å². The Hall–Kier alpha value is -1.45. The second kappa shape index (κ2) is 8.62. The lowest BCUT2D eigenvalue weighted by atomic mass is 10.2. The molecule has 0 amide bonds. The molecule has 0 radical (unpaired) electrons. The topological polar surface area (TPSA) is 32.6 Å². The molecule has 0 unspecified atom stereocenters. The fourth-order valence-electron chi connectivity index (χ4n) is 2.12. The van der Waals surface area contributed by atoms with Gasteiger partial charge < -0.3 is 14.8 Å². The number of aromatic nitrogens is 1. The van der Waals surface area contributed by atoms with E-state index in [0.29, 0.717) is 0 Å². The summed E-state index contributed by atoms with van der Waals surface area (Å²) in [5, 5.41) is 3.43. The summed E-state index contributed by atoms with van der Waals surface area (Å²) < 4.78 is 2.14. The zero-order chi connectivity index (χ0) is 14.1. The van der Waals surface area contributed by atoms with Gasteiger partial charge in [-0.3, -0.25) is 4.99 Å². The Morgan fingerprint density at radius 2 is 2.16 bits per heavy atom. The Labute approximate surface area is 117 Å². The lowest BCUT2D eigenvalue weighted by Gasteiger charge is -2.22. The Morgan fingerprint density at radius 3 is 2.74 bits per heavy atom. The van der Waals surface area contributed by atoms with Crippen LogP contribution in [-0.2, 0) is 13.6 Å². The van der Waals surface area contributed by atoms with Crippen molar-refractivity contribution in [2.75, 3.05) is 20.6 Å². The van der Waals surface area contributed by atoms with Crippen molar-refractivity contribution in [2.24, 2.45) is 12.0 Å². The van der Waals surface area contributed by atoms with Crippen LogP contribution in [-0.4, -0.2) is 36.1 Å². The van der Waals surface area contributed by atoms with Crippen LogP contribution in [0.3, 0.4) is 0 Å². The molecule has 0 bridgehead atoms. The van der Waals surface area contributed by atoms with Crippen LogP contribution in [0.1, 0.15) is 38.3 Å². The van der Waals surface area contributed by atoms with E-state index in [9.17, 15) is 0 Å². The van der Waals surface area contributed by atoms with E-state index in [1.807, 2.05) is 7.05 Å². The van der Waals surface area contributed by atoms with Crippen LogP contribution in [0.2, 0.25) is 0 Å². The van der Waals surface area contributed by atoms with Gasteiger partial charge in [-0.15, -0.1) is 0 Å². The molecule has 1 aromatic rings. The van der Waals surface area contributed by atoms with E-state index in [4.69, 9.17) is 0 Å². The summed E-state index contributed by atoms with van der Waals surface area (Å²) in [5.41, 5.74) is 1.29. The number of nitrogens with one attached hydrogen (secondary N) is 1. The lowest BCUT2D eigenvalue weighted by molar-refractivity contribution is 0.460. The summed E-state index contributed by atoms with van der Waals surface area (Å²) in [6, 6.07) is 4.22. The maximum atomic E-state index is 4.34. The average Bonchev–Trinajstić information content (AvgIpc) is 2.79. The first kappa shape index (κ1) is 15.6. The summed E-state index contributed by atoms with van der Waals surface area (Å²) in [6.07, 6.45) is 7.18. The van der Waals surface area contributed by atoms with Gasteiger partial charge in [0.25, 0.3) is 0 Å². The van der Waals surface area contributed by atoms with E-state index in [0.717, 1.165) is 19.0 Å².